The molecule has 0 aromatic heterocycles. The molecule has 0 heterocycles. The van der Waals surface area contributed by atoms with E-state index in [0.717, 1.165) is 38.5 Å². The fraction of sp³-hybridized carbons (Fsp3) is 0.562. The number of methoxy groups -OCH3 is 1. The van der Waals surface area contributed by atoms with Crippen LogP contribution in [0.1, 0.15) is 38.5 Å². The Kier molecular flexibility index (Phi) is 5.17. The van der Waals surface area contributed by atoms with Crippen molar-refractivity contribution < 1.29 is 13.9 Å². The molecule has 1 aliphatic carbocycles. The van der Waals surface area contributed by atoms with Crippen LogP contribution in [-0.2, 0) is 4.79 Å². The van der Waals surface area contributed by atoms with Crippen molar-refractivity contribution in [2.45, 2.75) is 38.5 Å². The van der Waals surface area contributed by atoms with Gasteiger partial charge in [0.2, 0.25) is 5.91 Å². The molecule has 3 N–H and O–H groups in total. The zero-order valence-corrected chi connectivity index (χ0v) is 12.5. The molecule has 1 amide bonds. The van der Waals surface area contributed by atoms with Crippen molar-refractivity contribution in [3.05, 3.63) is 24.0 Å². The largest absolute Gasteiger partial charge is 0.497 e. The molecule has 0 radical (unpaired) electrons. The summed E-state index contributed by atoms with van der Waals surface area (Å²) in [6.45, 7) is 0.296. The summed E-state index contributed by atoms with van der Waals surface area (Å²) in [5.74, 6) is -0.140. The maximum Gasteiger partial charge on any atom is 0.231 e. The lowest BCUT2D eigenvalue weighted by atomic mass is 9.79. The zero-order chi connectivity index (χ0) is 15.3. The molecule has 0 spiro atoms. The van der Waals surface area contributed by atoms with Gasteiger partial charge in [0.1, 0.15) is 11.6 Å². The second kappa shape index (κ2) is 6.89. The number of nitrogens with one attached hydrogen (secondary N) is 1. The Morgan fingerprint density at radius 1 is 1.33 bits per heavy atom. The third-order valence-corrected chi connectivity index (χ3v) is 4.35. The standard InChI is InChI=1S/C16H23FN2O2/c1-21-12-6-7-13(17)14(10-12)19-15(20)16(11-18)8-4-2-3-5-9-16/h6-7,10H,2-5,8-9,11,18H2,1H3,(H,19,20). The van der Waals surface area contributed by atoms with E-state index in [2.05, 4.69) is 5.32 Å². The Bertz CT molecular complexity index is 497. The van der Waals surface area contributed by atoms with Crippen LogP contribution in [0.25, 0.3) is 0 Å². The number of anilines is 1. The Hall–Kier alpha value is -1.62. The molecule has 0 bridgehead atoms. The van der Waals surface area contributed by atoms with Crippen LogP contribution >= 0.6 is 0 Å². The summed E-state index contributed by atoms with van der Waals surface area (Å²) >= 11 is 0. The summed E-state index contributed by atoms with van der Waals surface area (Å²) < 4.78 is 18.9. The summed E-state index contributed by atoms with van der Waals surface area (Å²) in [6.07, 6.45) is 5.77. The summed E-state index contributed by atoms with van der Waals surface area (Å²) in [5, 5.41) is 2.70. The topological polar surface area (TPSA) is 64.3 Å². The molecule has 1 aromatic carbocycles. The zero-order valence-electron chi connectivity index (χ0n) is 12.5. The van der Waals surface area contributed by atoms with E-state index in [9.17, 15) is 9.18 Å². The van der Waals surface area contributed by atoms with Gasteiger partial charge in [-0.3, -0.25) is 4.79 Å². The van der Waals surface area contributed by atoms with Crippen molar-refractivity contribution in [3.63, 3.8) is 0 Å². The number of amides is 1. The molecule has 2 rings (SSSR count). The molecule has 5 heteroatoms. The van der Waals surface area contributed by atoms with E-state index >= 15 is 0 Å². The fourth-order valence-corrected chi connectivity index (χ4v) is 2.91. The van der Waals surface area contributed by atoms with Crippen LogP contribution in [0.15, 0.2) is 18.2 Å². The fourth-order valence-electron chi connectivity index (χ4n) is 2.91. The second-order valence-corrected chi connectivity index (χ2v) is 5.70. The number of hydrogen-bond donors (Lipinski definition) is 2. The quantitative estimate of drug-likeness (QED) is 0.839. The minimum atomic E-state index is -0.577. The van der Waals surface area contributed by atoms with Crippen LogP contribution in [0.5, 0.6) is 5.75 Å². The lowest BCUT2D eigenvalue weighted by molar-refractivity contribution is -0.125. The first kappa shape index (κ1) is 15.8. The maximum absolute atomic E-state index is 13.8. The number of hydrogen-bond acceptors (Lipinski definition) is 3. The Balaban J connectivity index is 2.19. The first-order valence-electron chi connectivity index (χ1n) is 7.46. The van der Waals surface area contributed by atoms with Crippen LogP contribution in [0, 0.1) is 11.2 Å². The number of ether oxygens (including phenoxy) is 1. The average molecular weight is 294 g/mol. The van der Waals surface area contributed by atoms with E-state index in [0.29, 0.717) is 12.3 Å². The third kappa shape index (κ3) is 3.53. The molecule has 0 saturated heterocycles. The van der Waals surface area contributed by atoms with Crippen molar-refractivity contribution in [2.24, 2.45) is 11.1 Å². The molecule has 21 heavy (non-hydrogen) atoms. The van der Waals surface area contributed by atoms with Crippen LogP contribution in [-0.4, -0.2) is 19.6 Å². The average Bonchev–Trinajstić information content (AvgIpc) is 2.76. The smallest absolute Gasteiger partial charge is 0.231 e. The van der Waals surface area contributed by atoms with Crippen molar-refractivity contribution >= 4 is 11.6 Å². The second-order valence-electron chi connectivity index (χ2n) is 5.70. The molecule has 0 atom stereocenters. The van der Waals surface area contributed by atoms with Crippen molar-refractivity contribution in [1.82, 2.24) is 0 Å². The van der Waals surface area contributed by atoms with Gasteiger partial charge in [-0.25, -0.2) is 4.39 Å². The van der Waals surface area contributed by atoms with Crippen molar-refractivity contribution in [2.75, 3.05) is 19.0 Å². The van der Waals surface area contributed by atoms with E-state index in [4.69, 9.17) is 10.5 Å². The molecular formula is C16H23FN2O2. The monoisotopic (exact) mass is 294 g/mol. The number of carbonyl (C=O) groups excluding carboxylic acids is 1. The van der Waals surface area contributed by atoms with Gasteiger partial charge in [-0.2, -0.15) is 0 Å². The summed E-state index contributed by atoms with van der Waals surface area (Å²) in [5.41, 5.74) is 5.45. The van der Waals surface area contributed by atoms with Gasteiger partial charge in [0, 0.05) is 12.6 Å². The van der Waals surface area contributed by atoms with Crippen LogP contribution in [0.4, 0.5) is 10.1 Å². The molecule has 0 aliphatic heterocycles. The molecule has 0 unspecified atom stereocenters. The van der Waals surface area contributed by atoms with Gasteiger partial charge in [0.15, 0.2) is 0 Å². The third-order valence-electron chi connectivity index (χ3n) is 4.35. The highest BCUT2D eigenvalue weighted by Gasteiger charge is 2.37. The molecule has 1 aromatic rings. The number of carbonyl (C=O) groups is 1. The molecule has 116 valence electrons. The van der Waals surface area contributed by atoms with E-state index < -0.39 is 11.2 Å². The van der Waals surface area contributed by atoms with E-state index in [1.54, 1.807) is 0 Å². The van der Waals surface area contributed by atoms with Gasteiger partial charge < -0.3 is 15.8 Å². The summed E-state index contributed by atoms with van der Waals surface area (Å²) in [4.78, 5) is 12.6. The highest BCUT2D eigenvalue weighted by molar-refractivity contribution is 5.95. The Morgan fingerprint density at radius 3 is 2.57 bits per heavy atom. The highest BCUT2D eigenvalue weighted by atomic mass is 19.1. The van der Waals surface area contributed by atoms with Gasteiger partial charge in [-0.1, -0.05) is 25.7 Å². The van der Waals surface area contributed by atoms with Crippen LogP contribution in [0.2, 0.25) is 0 Å². The molecule has 1 aliphatic rings. The first-order chi connectivity index (χ1) is 10.1. The van der Waals surface area contributed by atoms with Crippen LogP contribution < -0.4 is 15.8 Å². The highest BCUT2D eigenvalue weighted by Crippen LogP contribution is 2.35. The van der Waals surface area contributed by atoms with Gasteiger partial charge in [-0.05, 0) is 25.0 Å². The predicted molar refractivity (Wildman–Crippen MR) is 80.8 cm³/mol. The van der Waals surface area contributed by atoms with E-state index in [-0.39, 0.29) is 11.6 Å². The van der Waals surface area contributed by atoms with E-state index in [1.165, 1.54) is 25.3 Å². The Labute approximate surface area is 124 Å². The predicted octanol–water partition coefficient (Wildman–Crippen LogP) is 3.07. The molecule has 1 saturated carbocycles. The lowest BCUT2D eigenvalue weighted by Crippen LogP contribution is -2.42. The minimum Gasteiger partial charge on any atom is -0.497 e. The lowest BCUT2D eigenvalue weighted by Gasteiger charge is -2.30. The normalized spacial score (nSPS) is 17.9. The molecule has 4 nitrogen and oxygen atoms in total. The van der Waals surface area contributed by atoms with Crippen molar-refractivity contribution in [1.29, 1.82) is 0 Å². The Morgan fingerprint density at radius 2 is 2.00 bits per heavy atom. The van der Waals surface area contributed by atoms with Gasteiger partial charge in [-0.15, -0.1) is 0 Å². The summed E-state index contributed by atoms with van der Waals surface area (Å²) in [7, 11) is 1.51. The molecular weight excluding hydrogens is 271 g/mol. The maximum atomic E-state index is 13.8. The first-order valence-corrected chi connectivity index (χ1v) is 7.46. The van der Waals surface area contributed by atoms with E-state index in [1.807, 2.05) is 0 Å². The number of halogens is 1. The number of benzene rings is 1. The van der Waals surface area contributed by atoms with Crippen molar-refractivity contribution in [3.8, 4) is 5.75 Å². The minimum absolute atomic E-state index is 0.149. The number of nitrogens with two attached hydrogens (primary N) is 1. The number of rotatable bonds is 4. The van der Waals surface area contributed by atoms with Gasteiger partial charge in [0.25, 0.3) is 0 Å². The van der Waals surface area contributed by atoms with Gasteiger partial charge in [0.05, 0.1) is 18.2 Å². The molecule has 1 fully saturated rings. The van der Waals surface area contributed by atoms with Crippen LogP contribution in [0.3, 0.4) is 0 Å². The van der Waals surface area contributed by atoms with Gasteiger partial charge >= 0.3 is 0 Å². The summed E-state index contributed by atoms with van der Waals surface area (Å²) in [6, 6.07) is 4.31. The SMILES string of the molecule is COc1ccc(F)c(NC(=O)C2(CN)CCCCCC2)c1.